The smallest absolute Gasteiger partial charge is 0.341 e. The molecule has 2 aromatic heterocycles. The average molecular weight is 463 g/mol. The molecule has 0 amide bonds. The molecule has 0 fully saturated rings. The molecule has 0 aliphatic rings. The molecule has 176 valence electrons. The van der Waals surface area contributed by atoms with E-state index < -0.39 is 51.4 Å². The second-order valence-corrected chi connectivity index (χ2v) is 8.84. The fraction of sp³-hybridized carbons (Fsp3) is 0.348. The fourth-order valence-electron chi connectivity index (χ4n) is 3.63. The van der Waals surface area contributed by atoms with Crippen molar-refractivity contribution in [1.82, 2.24) is 9.55 Å². The maximum Gasteiger partial charge on any atom is 0.341 e. The molecule has 0 radical (unpaired) electrons. The standard InChI is InChI=1S/C23H24F3N3O4/c1-11-18(27-8-14-16(25)5-12(24)6-17(14)26)7-13-20(31)15(22(32)33)9-29(21(13)28-11)19(10-30)23(2,3)4/h5-7,9,19,27,30H,8,10H2,1-4H3,(H,32,33)/t19-/m1/s1. The van der Waals surface area contributed by atoms with Crippen LogP contribution in [-0.4, -0.2) is 32.3 Å². The van der Waals surface area contributed by atoms with Gasteiger partial charge in [0.25, 0.3) is 0 Å². The lowest BCUT2D eigenvalue weighted by atomic mass is 9.86. The number of carboxylic acid groups (broad SMARTS) is 1. The SMILES string of the molecule is Cc1nc2c(cc1NCc1c(F)cc(F)cc1F)c(=O)c(C(=O)O)cn2[C@H](CO)C(C)(C)C. The number of benzene rings is 1. The number of aromatic nitrogens is 2. The molecule has 33 heavy (non-hydrogen) atoms. The van der Waals surface area contributed by atoms with Gasteiger partial charge in [0.15, 0.2) is 0 Å². The second kappa shape index (κ2) is 8.86. The molecule has 0 bridgehead atoms. The van der Waals surface area contributed by atoms with Crippen molar-refractivity contribution in [3.8, 4) is 0 Å². The van der Waals surface area contributed by atoms with Gasteiger partial charge in [-0.05, 0) is 18.4 Å². The van der Waals surface area contributed by atoms with Crippen molar-refractivity contribution in [2.45, 2.75) is 40.3 Å². The summed E-state index contributed by atoms with van der Waals surface area (Å²) < 4.78 is 42.6. The Morgan fingerprint density at radius 1 is 1.18 bits per heavy atom. The fourth-order valence-corrected chi connectivity index (χ4v) is 3.63. The number of aliphatic hydroxyl groups excluding tert-OH is 1. The lowest BCUT2D eigenvalue weighted by Crippen LogP contribution is -2.31. The van der Waals surface area contributed by atoms with Gasteiger partial charge in [0, 0.05) is 30.4 Å². The van der Waals surface area contributed by atoms with E-state index in [-0.39, 0.29) is 29.9 Å². The van der Waals surface area contributed by atoms with E-state index in [0.29, 0.717) is 17.8 Å². The predicted molar refractivity (Wildman–Crippen MR) is 117 cm³/mol. The Balaban J connectivity index is 2.17. The first-order chi connectivity index (χ1) is 15.3. The lowest BCUT2D eigenvalue weighted by molar-refractivity contribution is 0.0692. The maximum absolute atomic E-state index is 14.0. The number of aryl methyl sites for hydroxylation is 1. The molecule has 0 spiro atoms. The van der Waals surface area contributed by atoms with Crippen molar-refractivity contribution in [3.63, 3.8) is 0 Å². The molecule has 1 atom stereocenters. The largest absolute Gasteiger partial charge is 0.477 e. The van der Waals surface area contributed by atoms with E-state index in [9.17, 15) is 33.0 Å². The molecule has 3 aromatic rings. The molecular formula is C23H24F3N3O4. The second-order valence-electron chi connectivity index (χ2n) is 8.84. The molecular weight excluding hydrogens is 439 g/mol. The van der Waals surface area contributed by atoms with Crippen LogP contribution in [0.5, 0.6) is 0 Å². The summed E-state index contributed by atoms with van der Waals surface area (Å²) in [6, 6.07) is 1.89. The summed E-state index contributed by atoms with van der Waals surface area (Å²) in [5, 5.41) is 22.3. The van der Waals surface area contributed by atoms with Gasteiger partial charge in [-0.1, -0.05) is 20.8 Å². The van der Waals surface area contributed by atoms with E-state index in [1.165, 1.54) is 16.8 Å². The van der Waals surface area contributed by atoms with Crippen molar-refractivity contribution in [2.75, 3.05) is 11.9 Å². The molecule has 0 aliphatic heterocycles. The van der Waals surface area contributed by atoms with Crippen molar-refractivity contribution in [3.05, 3.63) is 68.9 Å². The first-order valence-electron chi connectivity index (χ1n) is 10.1. The van der Waals surface area contributed by atoms with E-state index in [1.54, 1.807) is 6.92 Å². The number of nitrogens with zero attached hydrogens (tertiary/aromatic N) is 2. The van der Waals surface area contributed by atoms with Crippen LogP contribution < -0.4 is 10.7 Å². The Hall–Kier alpha value is -3.40. The van der Waals surface area contributed by atoms with Gasteiger partial charge in [-0.25, -0.2) is 22.9 Å². The van der Waals surface area contributed by atoms with Crippen LogP contribution in [0, 0.1) is 29.8 Å². The van der Waals surface area contributed by atoms with Crippen LogP contribution in [0.15, 0.2) is 29.2 Å². The zero-order valence-corrected chi connectivity index (χ0v) is 18.5. The zero-order valence-electron chi connectivity index (χ0n) is 18.5. The number of fused-ring (bicyclic) bond motifs is 1. The number of aromatic carboxylic acids is 1. The Kier molecular flexibility index (Phi) is 6.51. The number of carboxylic acids is 1. The van der Waals surface area contributed by atoms with Gasteiger partial charge >= 0.3 is 5.97 Å². The third-order valence-corrected chi connectivity index (χ3v) is 5.50. The average Bonchev–Trinajstić information content (AvgIpc) is 2.68. The highest BCUT2D eigenvalue weighted by molar-refractivity contribution is 5.92. The lowest BCUT2D eigenvalue weighted by Gasteiger charge is -2.32. The Morgan fingerprint density at radius 2 is 1.79 bits per heavy atom. The van der Waals surface area contributed by atoms with Crippen LogP contribution in [0.3, 0.4) is 0 Å². The molecule has 0 unspecified atom stereocenters. The van der Waals surface area contributed by atoms with Gasteiger partial charge in [-0.15, -0.1) is 0 Å². The molecule has 10 heteroatoms. The number of pyridine rings is 2. The minimum absolute atomic E-state index is 0.0363. The van der Waals surface area contributed by atoms with Crippen LogP contribution in [0.4, 0.5) is 18.9 Å². The van der Waals surface area contributed by atoms with E-state index in [4.69, 9.17) is 0 Å². The number of hydrogen-bond donors (Lipinski definition) is 3. The monoisotopic (exact) mass is 463 g/mol. The van der Waals surface area contributed by atoms with Crippen molar-refractivity contribution < 1.29 is 28.2 Å². The highest BCUT2D eigenvalue weighted by Gasteiger charge is 2.29. The van der Waals surface area contributed by atoms with Crippen LogP contribution in [0.1, 0.15) is 48.4 Å². The zero-order chi connectivity index (χ0) is 24.7. The highest BCUT2D eigenvalue weighted by atomic mass is 19.1. The minimum atomic E-state index is -1.44. The van der Waals surface area contributed by atoms with E-state index in [1.807, 2.05) is 20.8 Å². The first-order valence-corrected chi connectivity index (χ1v) is 10.1. The van der Waals surface area contributed by atoms with Gasteiger partial charge in [-0.3, -0.25) is 4.79 Å². The summed E-state index contributed by atoms with van der Waals surface area (Å²) in [5.41, 5.74) is -1.41. The van der Waals surface area contributed by atoms with E-state index in [2.05, 4.69) is 10.3 Å². The molecule has 0 saturated carbocycles. The maximum atomic E-state index is 14.0. The predicted octanol–water partition coefficient (Wildman–Crippen LogP) is 4.01. The van der Waals surface area contributed by atoms with E-state index in [0.717, 1.165) is 0 Å². The van der Waals surface area contributed by atoms with E-state index >= 15 is 0 Å². The van der Waals surface area contributed by atoms with Crippen LogP contribution >= 0.6 is 0 Å². The van der Waals surface area contributed by atoms with Crippen LogP contribution in [0.25, 0.3) is 11.0 Å². The van der Waals surface area contributed by atoms with Crippen molar-refractivity contribution >= 4 is 22.7 Å². The number of hydrogen-bond acceptors (Lipinski definition) is 5. The molecule has 0 aliphatic carbocycles. The normalized spacial score (nSPS) is 12.7. The Morgan fingerprint density at radius 3 is 2.30 bits per heavy atom. The minimum Gasteiger partial charge on any atom is -0.477 e. The van der Waals surface area contributed by atoms with Gasteiger partial charge in [0.05, 0.1) is 29.4 Å². The third-order valence-electron chi connectivity index (χ3n) is 5.50. The summed E-state index contributed by atoms with van der Waals surface area (Å²) in [6.07, 6.45) is 1.17. The molecule has 2 heterocycles. The van der Waals surface area contributed by atoms with Gasteiger partial charge in [-0.2, -0.15) is 0 Å². The molecule has 7 nitrogen and oxygen atoms in total. The molecule has 3 rings (SSSR count). The van der Waals surface area contributed by atoms with Gasteiger partial charge in [0.1, 0.15) is 28.7 Å². The number of carbonyl (C=O) groups is 1. The number of nitrogens with one attached hydrogen (secondary N) is 1. The molecule has 0 saturated heterocycles. The summed E-state index contributed by atoms with van der Waals surface area (Å²) in [6.45, 7) is 6.47. The summed E-state index contributed by atoms with van der Waals surface area (Å²) in [5.74, 6) is -4.63. The Bertz CT molecular complexity index is 1280. The Labute approximate surface area is 187 Å². The van der Waals surface area contributed by atoms with Crippen LogP contribution in [0.2, 0.25) is 0 Å². The first kappa shape index (κ1) is 24.2. The number of anilines is 1. The number of halogens is 3. The number of aliphatic hydroxyl groups is 1. The van der Waals surface area contributed by atoms with Crippen molar-refractivity contribution in [2.24, 2.45) is 5.41 Å². The quantitative estimate of drug-likeness (QED) is 0.510. The van der Waals surface area contributed by atoms with Gasteiger partial charge < -0.3 is 20.1 Å². The highest BCUT2D eigenvalue weighted by Crippen LogP contribution is 2.33. The van der Waals surface area contributed by atoms with Gasteiger partial charge in [0.2, 0.25) is 5.43 Å². The molecule has 1 aromatic carbocycles. The topological polar surface area (TPSA) is 104 Å². The van der Waals surface area contributed by atoms with Crippen LogP contribution in [-0.2, 0) is 6.54 Å². The summed E-state index contributed by atoms with van der Waals surface area (Å²) in [4.78, 5) is 29.0. The molecule has 3 N–H and O–H groups in total. The number of rotatable bonds is 6. The summed E-state index contributed by atoms with van der Waals surface area (Å²) in [7, 11) is 0. The van der Waals surface area contributed by atoms with Crippen molar-refractivity contribution in [1.29, 1.82) is 0 Å². The summed E-state index contributed by atoms with van der Waals surface area (Å²) >= 11 is 0. The third kappa shape index (κ3) is 4.70.